The summed E-state index contributed by atoms with van der Waals surface area (Å²) < 4.78 is 11.0. The maximum Gasteiger partial charge on any atom is 0.339 e. The van der Waals surface area contributed by atoms with Gasteiger partial charge >= 0.3 is 5.97 Å². The summed E-state index contributed by atoms with van der Waals surface area (Å²) >= 11 is 0. The van der Waals surface area contributed by atoms with Gasteiger partial charge in [0.25, 0.3) is 0 Å². The molecule has 2 heterocycles. The number of benzene rings is 1. The van der Waals surface area contributed by atoms with E-state index in [2.05, 4.69) is 4.90 Å². The number of nitrogens with zero attached hydrogens (tertiary/aromatic N) is 1. The van der Waals surface area contributed by atoms with Crippen LogP contribution in [0.1, 0.15) is 23.2 Å². The fraction of sp³-hybridized carbons (Fsp3) is 0.500. The molecule has 1 fully saturated rings. The van der Waals surface area contributed by atoms with Gasteiger partial charge < -0.3 is 19.5 Å². The molecule has 1 N–H and O–H groups in total. The van der Waals surface area contributed by atoms with Crippen LogP contribution in [0.3, 0.4) is 0 Å². The van der Waals surface area contributed by atoms with E-state index in [4.69, 9.17) is 9.47 Å². The van der Waals surface area contributed by atoms with Crippen molar-refractivity contribution >= 4 is 11.7 Å². The number of anilines is 1. The normalized spacial score (nSPS) is 19.7. The van der Waals surface area contributed by atoms with Crippen molar-refractivity contribution in [3.63, 3.8) is 0 Å². The zero-order valence-electron chi connectivity index (χ0n) is 10.7. The molecule has 1 aromatic rings. The fourth-order valence-electron chi connectivity index (χ4n) is 2.81. The molecule has 19 heavy (non-hydrogen) atoms. The first-order valence-corrected chi connectivity index (χ1v) is 6.61. The Hall–Kier alpha value is -1.75. The summed E-state index contributed by atoms with van der Waals surface area (Å²) in [5.41, 5.74) is 1.15. The zero-order valence-corrected chi connectivity index (χ0v) is 10.7. The van der Waals surface area contributed by atoms with Gasteiger partial charge in [-0.3, -0.25) is 0 Å². The van der Waals surface area contributed by atoms with Gasteiger partial charge in [-0.25, -0.2) is 4.79 Å². The van der Waals surface area contributed by atoms with Crippen LogP contribution in [0.4, 0.5) is 5.69 Å². The molecule has 0 radical (unpaired) electrons. The molecule has 1 saturated heterocycles. The molecule has 1 aromatic carbocycles. The van der Waals surface area contributed by atoms with E-state index in [1.54, 1.807) is 12.1 Å². The van der Waals surface area contributed by atoms with Crippen molar-refractivity contribution in [1.29, 1.82) is 0 Å². The second-order valence-corrected chi connectivity index (χ2v) is 4.84. The molecule has 102 valence electrons. The first-order valence-electron chi connectivity index (χ1n) is 6.61. The number of hydrogen-bond acceptors (Lipinski definition) is 4. The monoisotopic (exact) mass is 263 g/mol. The molecule has 2 aliphatic rings. The van der Waals surface area contributed by atoms with Crippen LogP contribution in [0.5, 0.6) is 5.75 Å². The summed E-state index contributed by atoms with van der Waals surface area (Å²) in [6.45, 7) is 2.89. The van der Waals surface area contributed by atoms with E-state index in [-0.39, 0.29) is 5.56 Å². The molecule has 0 aromatic heterocycles. The molecular formula is C14H17NO4. The summed E-state index contributed by atoms with van der Waals surface area (Å²) in [7, 11) is 0. The van der Waals surface area contributed by atoms with Crippen LogP contribution in [-0.4, -0.2) is 43.5 Å². The Morgan fingerprint density at radius 1 is 1.26 bits per heavy atom. The molecule has 0 amide bonds. The summed E-state index contributed by atoms with van der Waals surface area (Å²) in [4.78, 5) is 13.5. The van der Waals surface area contributed by atoms with Gasteiger partial charge in [0.05, 0.1) is 12.2 Å². The minimum atomic E-state index is -0.939. The maximum atomic E-state index is 11.2. The number of hydrogen-bond donors (Lipinski definition) is 1. The lowest BCUT2D eigenvalue weighted by atomic mass is 10.0. The predicted octanol–water partition coefficient (Wildman–Crippen LogP) is 1.76. The number of carbonyl (C=O) groups is 1. The Morgan fingerprint density at radius 2 is 2.05 bits per heavy atom. The molecule has 0 aliphatic carbocycles. The minimum absolute atomic E-state index is 0.245. The van der Waals surface area contributed by atoms with Crippen molar-refractivity contribution in [1.82, 2.24) is 0 Å². The van der Waals surface area contributed by atoms with E-state index < -0.39 is 5.97 Å². The SMILES string of the molecule is O=C(O)c1cccc2c1OCCN2C1CCOCC1. The Morgan fingerprint density at radius 3 is 2.79 bits per heavy atom. The van der Waals surface area contributed by atoms with E-state index in [0.29, 0.717) is 18.4 Å². The van der Waals surface area contributed by atoms with E-state index in [0.717, 1.165) is 38.3 Å². The van der Waals surface area contributed by atoms with Crippen molar-refractivity contribution in [2.24, 2.45) is 0 Å². The number of aromatic carboxylic acids is 1. The third kappa shape index (κ3) is 2.26. The molecule has 3 rings (SSSR count). The predicted molar refractivity (Wildman–Crippen MR) is 70.1 cm³/mol. The standard InChI is InChI=1S/C14H17NO4/c16-14(17)11-2-1-3-12-13(11)19-9-6-15(12)10-4-7-18-8-5-10/h1-3,10H,4-9H2,(H,16,17). The highest BCUT2D eigenvalue weighted by Gasteiger charge is 2.29. The molecule has 0 bridgehead atoms. The number of para-hydroxylation sites is 1. The van der Waals surface area contributed by atoms with Gasteiger partial charge in [-0.05, 0) is 25.0 Å². The van der Waals surface area contributed by atoms with Gasteiger partial charge in [0.1, 0.15) is 12.2 Å². The van der Waals surface area contributed by atoms with Crippen LogP contribution < -0.4 is 9.64 Å². The maximum absolute atomic E-state index is 11.2. The molecular weight excluding hydrogens is 246 g/mol. The molecule has 0 unspecified atom stereocenters. The molecule has 5 nitrogen and oxygen atoms in total. The van der Waals surface area contributed by atoms with Crippen LogP contribution >= 0.6 is 0 Å². The Balaban J connectivity index is 1.95. The van der Waals surface area contributed by atoms with Crippen LogP contribution in [0, 0.1) is 0 Å². The lowest BCUT2D eigenvalue weighted by Crippen LogP contribution is -2.44. The second kappa shape index (κ2) is 5.09. The first kappa shape index (κ1) is 12.3. The highest BCUT2D eigenvalue weighted by Crippen LogP contribution is 2.37. The molecule has 2 aliphatic heterocycles. The summed E-state index contributed by atoms with van der Waals surface area (Å²) in [6.07, 6.45) is 1.97. The summed E-state index contributed by atoms with van der Waals surface area (Å²) in [6, 6.07) is 5.73. The van der Waals surface area contributed by atoms with Crippen molar-refractivity contribution in [2.75, 3.05) is 31.3 Å². The van der Waals surface area contributed by atoms with Crippen LogP contribution in [0.25, 0.3) is 0 Å². The number of fused-ring (bicyclic) bond motifs is 1. The number of carboxylic acid groups (broad SMARTS) is 1. The average molecular weight is 263 g/mol. The largest absolute Gasteiger partial charge is 0.489 e. The fourth-order valence-corrected chi connectivity index (χ4v) is 2.81. The van der Waals surface area contributed by atoms with E-state index >= 15 is 0 Å². The van der Waals surface area contributed by atoms with Gasteiger partial charge in [0.15, 0.2) is 5.75 Å². The number of ether oxygens (including phenoxy) is 2. The van der Waals surface area contributed by atoms with E-state index in [1.165, 1.54) is 0 Å². The molecule has 0 atom stereocenters. The highest BCUT2D eigenvalue weighted by atomic mass is 16.5. The number of carboxylic acids is 1. The molecule has 5 heteroatoms. The van der Waals surface area contributed by atoms with Gasteiger partial charge in [-0.2, -0.15) is 0 Å². The van der Waals surface area contributed by atoms with E-state index in [9.17, 15) is 9.90 Å². The quantitative estimate of drug-likeness (QED) is 0.881. The van der Waals surface area contributed by atoms with Crippen molar-refractivity contribution in [3.05, 3.63) is 23.8 Å². The Labute approximate surface area is 111 Å². The summed E-state index contributed by atoms with van der Waals surface area (Å²) in [5.74, 6) is -0.432. The smallest absolute Gasteiger partial charge is 0.339 e. The van der Waals surface area contributed by atoms with Crippen LogP contribution in [0.2, 0.25) is 0 Å². The Bertz CT molecular complexity index is 482. The first-order chi connectivity index (χ1) is 9.27. The van der Waals surface area contributed by atoms with Gasteiger partial charge in [-0.15, -0.1) is 0 Å². The lowest BCUT2D eigenvalue weighted by Gasteiger charge is -2.39. The Kier molecular flexibility index (Phi) is 3.29. The van der Waals surface area contributed by atoms with Gasteiger partial charge in [-0.1, -0.05) is 6.07 Å². The average Bonchev–Trinajstić information content (AvgIpc) is 2.46. The molecule has 0 spiro atoms. The van der Waals surface area contributed by atoms with Crippen molar-refractivity contribution in [3.8, 4) is 5.75 Å². The third-order valence-electron chi connectivity index (χ3n) is 3.74. The molecule has 0 saturated carbocycles. The van der Waals surface area contributed by atoms with Gasteiger partial charge in [0, 0.05) is 19.3 Å². The number of rotatable bonds is 2. The lowest BCUT2D eigenvalue weighted by molar-refractivity contribution is 0.0689. The summed E-state index contributed by atoms with van der Waals surface area (Å²) in [5, 5.41) is 9.22. The van der Waals surface area contributed by atoms with Gasteiger partial charge in [0.2, 0.25) is 0 Å². The topological polar surface area (TPSA) is 59.0 Å². The highest BCUT2D eigenvalue weighted by molar-refractivity contribution is 5.93. The minimum Gasteiger partial charge on any atom is -0.489 e. The van der Waals surface area contributed by atoms with Crippen LogP contribution in [0.15, 0.2) is 18.2 Å². The zero-order chi connectivity index (χ0) is 13.2. The van der Waals surface area contributed by atoms with E-state index in [1.807, 2.05) is 6.07 Å². The third-order valence-corrected chi connectivity index (χ3v) is 3.74. The van der Waals surface area contributed by atoms with Crippen molar-refractivity contribution in [2.45, 2.75) is 18.9 Å². The van der Waals surface area contributed by atoms with Crippen LogP contribution in [-0.2, 0) is 4.74 Å². The second-order valence-electron chi connectivity index (χ2n) is 4.84. The van der Waals surface area contributed by atoms with Crippen molar-refractivity contribution < 1.29 is 19.4 Å².